The molecule has 1 nitrogen and oxygen atoms in total. The van der Waals surface area contributed by atoms with Gasteiger partial charge in [0.1, 0.15) is 0 Å². The Morgan fingerprint density at radius 1 is 0.739 bits per heavy atom. The summed E-state index contributed by atoms with van der Waals surface area (Å²) >= 11 is 0. The van der Waals surface area contributed by atoms with Gasteiger partial charge in [-0.3, -0.25) is 0 Å². The number of benzene rings is 3. The van der Waals surface area contributed by atoms with Crippen LogP contribution in [-0.4, -0.2) is 0 Å². The third kappa shape index (κ3) is 1.99. The Hall–Kier alpha value is -2.85. The second-order valence-corrected chi connectivity index (χ2v) is 6.62. The van der Waals surface area contributed by atoms with E-state index in [1.165, 1.54) is 22.3 Å². The van der Waals surface area contributed by atoms with Gasteiger partial charge in [-0.25, -0.2) is 0 Å². The second kappa shape index (κ2) is 4.83. The number of fused-ring (bicyclic) bond motifs is 3. The zero-order chi connectivity index (χ0) is 16.0. The Morgan fingerprint density at radius 2 is 1.48 bits per heavy atom. The summed E-state index contributed by atoms with van der Waals surface area (Å²) in [6, 6.07) is 25.3. The predicted octanol–water partition coefficient (Wildman–Crippen LogP) is 5.53. The van der Waals surface area contributed by atoms with Crippen LogP contribution in [0.5, 0.6) is 0 Å². The predicted molar refractivity (Wildman–Crippen MR) is 94.2 cm³/mol. The zero-order valence-corrected chi connectivity index (χ0v) is 13.3. The van der Waals surface area contributed by atoms with Gasteiger partial charge in [-0.1, -0.05) is 62.4 Å². The van der Waals surface area contributed by atoms with Gasteiger partial charge >= 0.3 is 0 Å². The monoisotopic (exact) mass is 295 g/mol. The molecule has 0 fully saturated rings. The quantitative estimate of drug-likeness (QED) is 0.579. The average Bonchev–Trinajstić information content (AvgIpc) is 2.83. The van der Waals surface area contributed by atoms with E-state index in [2.05, 4.69) is 68.4 Å². The summed E-state index contributed by atoms with van der Waals surface area (Å²) in [6.07, 6.45) is 0. The lowest BCUT2D eigenvalue weighted by Gasteiger charge is -2.21. The van der Waals surface area contributed by atoms with Gasteiger partial charge in [0.05, 0.1) is 11.6 Å². The fraction of sp³-hybridized carbons (Fsp3) is 0.136. The van der Waals surface area contributed by atoms with Crippen LogP contribution < -0.4 is 0 Å². The topological polar surface area (TPSA) is 23.8 Å². The van der Waals surface area contributed by atoms with Crippen LogP contribution >= 0.6 is 0 Å². The molecule has 0 aromatic heterocycles. The lowest BCUT2D eigenvalue weighted by atomic mass is 9.82. The van der Waals surface area contributed by atoms with Crippen molar-refractivity contribution in [3.8, 4) is 28.3 Å². The van der Waals surface area contributed by atoms with E-state index in [1.54, 1.807) is 0 Å². The van der Waals surface area contributed by atoms with Crippen molar-refractivity contribution >= 4 is 0 Å². The Bertz CT molecular complexity index is 958. The number of rotatable bonds is 1. The Kier molecular flexibility index (Phi) is 2.89. The summed E-state index contributed by atoms with van der Waals surface area (Å²) in [5, 5.41) is 9.11. The van der Waals surface area contributed by atoms with Gasteiger partial charge in [0.15, 0.2) is 0 Å². The summed E-state index contributed by atoms with van der Waals surface area (Å²) < 4.78 is 0. The van der Waals surface area contributed by atoms with Gasteiger partial charge in [0.2, 0.25) is 0 Å². The molecule has 4 rings (SSSR count). The standard InChI is InChI=1S/C22H17N/c1-22(2)20-9-4-3-8-18(20)19-13-17(10-11-21(19)22)16-7-5-6-15(12-16)14-23/h3-13H,1-2H3. The summed E-state index contributed by atoms with van der Waals surface area (Å²) in [4.78, 5) is 0. The van der Waals surface area contributed by atoms with E-state index >= 15 is 0 Å². The van der Waals surface area contributed by atoms with Crippen LogP contribution in [0.4, 0.5) is 0 Å². The largest absolute Gasteiger partial charge is 0.192 e. The van der Waals surface area contributed by atoms with E-state index in [0.29, 0.717) is 5.56 Å². The van der Waals surface area contributed by atoms with Gasteiger partial charge in [0, 0.05) is 5.41 Å². The van der Waals surface area contributed by atoms with E-state index in [-0.39, 0.29) is 5.41 Å². The summed E-state index contributed by atoms with van der Waals surface area (Å²) in [5.41, 5.74) is 8.39. The molecule has 0 radical (unpaired) electrons. The lowest BCUT2D eigenvalue weighted by molar-refractivity contribution is 0.660. The fourth-order valence-corrected chi connectivity index (χ4v) is 3.67. The van der Waals surface area contributed by atoms with Crippen molar-refractivity contribution in [2.24, 2.45) is 0 Å². The molecule has 0 heterocycles. The molecular formula is C22H17N. The molecule has 0 amide bonds. The van der Waals surface area contributed by atoms with Gasteiger partial charge in [-0.2, -0.15) is 5.26 Å². The Morgan fingerprint density at radius 3 is 2.30 bits per heavy atom. The molecule has 110 valence electrons. The average molecular weight is 295 g/mol. The van der Waals surface area contributed by atoms with Crippen LogP contribution in [0.3, 0.4) is 0 Å². The van der Waals surface area contributed by atoms with Crippen LogP contribution in [0.1, 0.15) is 30.5 Å². The normalized spacial score (nSPS) is 14.0. The summed E-state index contributed by atoms with van der Waals surface area (Å²) in [5.74, 6) is 0. The third-order valence-electron chi connectivity index (χ3n) is 4.91. The van der Waals surface area contributed by atoms with Crippen molar-refractivity contribution in [2.45, 2.75) is 19.3 Å². The van der Waals surface area contributed by atoms with Crippen molar-refractivity contribution < 1.29 is 0 Å². The highest BCUT2D eigenvalue weighted by Gasteiger charge is 2.34. The molecule has 0 atom stereocenters. The lowest BCUT2D eigenvalue weighted by Crippen LogP contribution is -2.14. The molecule has 0 saturated heterocycles. The maximum Gasteiger partial charge on any atom is 0.0991 e. The molecule has 1 aliphatic rings. The first-order chi connectivity index (χ1) is 11.1. The van der Waals surface area contributed by atoms with E-state index in [0.717, 1.165) is 11.1 Å². The minimum atomic E-state index is 0.0406. The highest BCUT2D eigenvalue weighted by molar-refractivity contribution is 5.84. The highest BCUT2D eigenvalue weighted by Crippen LogP contribution is 2.49. The van der Waals surface area contributed by atoms with Crippen molar-refractivity contribution in [2.75, 3.05) is 0 Å². The minimum Gasteiger partial charge on any atom is -0.192 e. The molecule has 1 heteroatoms. The van der Waals surface area contributed by atoms with Crippen LogP contribution in [0.25, 0.3) is 22.3 Å². The van der Waals surface area contributed by atoms with Crippen molar-refractivity contribution in [3.63, 3.8) is 0 Å². The second-order valence-electron chi connectivity index (χ2n) is 6.62. The number of hydrogen-bond donors (Lipinski definition) is 0. The molecule has 0 N–H and O–H groups in total. The minimum absolute atomic E-state index is 0.0406. The smallest absolute Gasteiger partial charge is 0.0991 e. The van der Waals surface area contributed by atoms with Crippen LogP contribution in [0, 0.1) is 11.3 Å². The van der Waals surface area contributed by atoms with Crippen molar-refractivity contribution in [3.05, 3.63) is 83.4 Å². The van der Waals surface area contributed by atoms with E-state index in [1.807, 2.05) is 18.2 Å². The van der Waals surface area contributed by atoms with E-state index in [4.69, 9.17) is 5.26 Å². The van der Waals surface area contributed by atoms with Gasteiger partial charge in [-0.15, -0.1) is 0 Å². The molecule has 1 aliphatic carbocycles. The highest BCUT2D eigenvalue weighted by atomic mass is 14.4. The first kappa shape index (κ1) is 13.8. The molecule has 0 saturated carbocycles. The molecule has 3 aromatic carbocycles. The van der Waals surface area contributed by atoms with E-state index in [9.17, 15) is 0 Å². The zero-order valence-electron chi connectivity index (χ0n) is 13.3. The molecule has 0 aliphatic heterocycles. The number of hydrogen-bond acceptors (Lipinski definition) is 1. The Labute approximate surface area is 136 Å². The maximum absolute atomic E-state index is 9.11. The van der Waals surface area contributed by atoms with Crippen LogP contribution in [0.2, 0.25) is 0 Å². The summed E-state index contributed by atoms with van der Waals surface area (Å²) in [6.45, 7) is 4.57. The number of nitrogens with zero attached hydrogens (tertiary/aromatic N) is 1. The first-order valence-corrected chi connectivity index (χ1v) is 7.86. The third-order valence-corrected chi connectivity index (χ3v) is 4.91. The van der Waals surface area contributed by atoms with Gasteiger partial charge < -0.3 is 0 Å². The Balaban J connectivity index is 1.93. The summed E-state index contributed by atoms with van der Waals surface area (Å²) in [7, 11) is 0. The number of nitriles is 1. The molecule has 0 unspecified atom stereocenters. The van der Waals surface area contributed by atoms with Gasteiger partial charge in [0.25, 0.3) is 0 Å². The van der Waals surface area contributed by atoms with Crippen LogP contribution in [-0.2, 0) is 5.41 Å². The molecule has 23 heavy (non-hydrogen) atoms. The molecule has 3 aromatic rings. The molecular weight excluding hydrogens is 278 g/mol. The first-order valence-electron chi connectivity index (χ1n) is 7.86. The van der Waals surface area contributed by atoms with E-state index < -0.39 is 0 Å². The van der Waals surface area contributed by atoms with Crippen molar-refractivity contribution in [1.82, 2.24) is 0 Å². The SMILES string of the molecule is CC1(C)c2ccccc2-c2cc(-c3cccc(C#N)c3)ccc21. The maximum atomic E-state index is 9.11. The molecule has 0 bridgehead atoms. The van der Waals surface area contributed by atoms with Crippen molar-refractivity contribution in [1.29, 1.82) is 5.26 Å². The van der Waals surface area contributed by atoms with Gasteiger partial charge in [-0.05, 0) is 51.6 Å². The molecule has 0 spiro atoms. The fourth-order valence-electron chi connectivity index (χ4n) is 3.67. The van der Waals surface area contributed by atoms with Crippen LogP contribution in [0.15, 0.2) is 66.7 Å².